The molecule has 1 rings (SSSR count). The molecule has 2 N–H and O–H groups in total. The molecule has 154 valence electrons. The molecule has 5 nitrogen and oxygen atoms in total. The summed E-state index contributed by atoms with van der Waals surface area (Å²) in [5.41, 5.74) is 1.16. The third-order valence-electron chi connectivity index (χ3n) is 3.60. The third-order valence-corrected chi connectivity index (χ3v) is 3.60. The van der Waals surface area contributed by atoms with Crippen LogP contribution in [-0.2, 0) is 11.2 Å². The van der Waals surface area contributed by atoms with Gasteiger partial charge in [-0.1, -0.05) is 30.3 Å². The lowest BCUT2D eigenvalue weighted by atomic mass is 10.1. The fourth-order valence-corrected chi connectivity index (χ4v) is 2.09. The second-order valence-corrected chi connectivity index (χ2v) is 6.11. The first-order valence-electron chi connectivity index (χ1n) is 8.61. The van der Waals surface area contributed by atoms with E-state index < -0.39 is 12.6 Å². The fourth-order valence-electron chi connectivity index (χ4n) is 2.09. The lowest BCUT2D eigenvalue weighted by Crippen LogP contribution is -2.40. The number of unbranched alkanes of at least 4 members (excludes halogenated alkanes) is 1. The Morgan fingerprint density at radius 2 is 1.70 bits per heavy atom. The van der Waals surface area contributed by atoms with Crippen molar-refractivity contribution in [3.8, 4) is 0 Å². The van der Waals surface area contributed by atoms with Crippen molar-refractivity contribution < 1.29 is 18.0 Å². The van der Waals surface area contributed by atoms with Crippen LogP contribution < -0.4 is 10.6 Å². The molecule has 0 aliphatic heterocycles. The minimum absolute atomic E-state index is 0. The first-order chi connectivity index (χ1) is 12.3. The van der Waals surface area contributed by atoms with Crippen LogP contribution in [0, 0.1) is 0 Å². The predicted molar refractivity (Wildman–Crippen MR) is 112 cm³/mol. The van der Waals surface area contributed by atoms with Crippen LogP contribution in [0.1, 0.15) is 24.8 Å². The van der Waals surface area contributed by atoms with Crippen molar-refractivity contribution in [3.63, 3.8) is 0 Å². The van der Waals surface area contributed by atoms with Crippen LogP contribution in [0.15, 0.2) is 35.3 Å². The maximum atomic E-state index is 12.2. The number of guanidine groups is 1. The number of likely N-dealkylation sites (N-methyl/N-ethyl adjacent to an activating group) is 1. The van der Waals surface area contributed by atoms with Crippen molar-refractivity contribution in [2.75, 3.05) is 33.7 Å². The Balaban J connectivity index is 0.00000676. The van der Waals surface area contributed by atoms with Crippen LogP contribution in [0.25, 0.3) is 0 Å². The number of hydrogen-bond donors (Lipinski definition) is 2. The highest BCUT2D eigenvalue weighted by molar-refractivity contribution is 14.0. The summed E-state index contributed by atoms with van der Waals surface area (Å²) in [5, 5.41) is 6.10. The van der Waals surface area contributed by atoms with Crippen molar-refractivity contribution in [1.82, 2.24) is 15.5 Å². The second-order valence-electron chi connectivity index (χ2n) is 6.11. The topological polar surface area (TPSA) is 56.7 Å². The number of benzene rings is 1. The summed E-state index contributed by atoms with van der Waals surface area (Å²) in [6, 6.07) is 9.88. The van der Waals surface area contributed by atoms with Gasteiger partial charge in [-0.2, -0.15) is 13.2 Å². The van der Waals surface area contributed by atoms with Gasteiger partial charge in [0.2, 0.25) is 5.91 Å². The molecule has 0 spiro atoms. The van der Waals surface area contributed by atoms with Gasteiger partial charge >= 0.3 is 6.18 Å². The standard InChI is InChI=1S/C18H27F3N4O.HI/c1-25(2)16(26)14-24-17(22-12-7-6-11-18(19,20)21)23-13-10-15-8-4-3-5-9-15;/h3-5,8-9H,6-7,10-14H2,1-2H3,(H2,22,23,24);1H. The van der Waals surface area contributed by atoms with Gasteiger partial charge in [-0.3, -0.25) is 4.79 Å². The number of hydrogen-bond acceptors (Lipinski definition) is 2. The van der Waals surface area contributed by atoms with E-state index in [1.54, 1.807) is 14.1 Å². The number of rotatable bonds is 9. The summed E-state index contributed by atoms with van der Waals surface area (Å²) in [4.78, 5) is 17.3. The quantitative estimate of drug-likeness (QED) is 0.237. The first-order valence-corrected chi connectivity index (χ1v) is 8.61. The SMILES string of the molecule is CN(C)C(=O)CN=C(NCCCCC(F)(F)F)NCCc1ccccc1.I. The number of nitrogens with one attached hydrogen (secondary N) is 2. The van der Waals surface area contributed by atoms with Gasteiger partial charge in [0.25, 0.3) is 0 Å². The predicted octanol–water partition coefficient (Wildman–Crippen LogP) is 3.20. The van der Waals surface area contributed by atoms with Crippen molar-refractivity contribution in [2.24, 2.45) is 4.99 Å². The zero-order valence-corrected chi connectivity index (χ0v) is 18.0. The van der Waals surface area contributed by atoms with E-state index >= 15 is 0 Å². The second kappa shape index (κ2) is 13.6. The van der Waals surface area contributed by atoms with Crippen LogP contribution in [-0.4, -0.2) is 56.7 Å². The Labute approximate surface area is 175 Å². The van der Waals surface area contributed by atoms with Crippen LogP contribution in [0.2, 0.25) is 0 Å². The van der Waals surface area contributed by atoms with Crippen LogP contribution in [0.5, 0.6) is 0 Å². The van der Waals surface area contributed by atoms with Gasteiger partial charge in [-0.05, 0) is 24.8 Å². The Hall–Kier alpha value is -1.52. The molecule has 0 saturated carbocycles. The van der Waals surface area contributed by atoms with Gasteiger partial charge in [0.15, 0.2) is 5.96 Å². The van der Waals surface area contributed by atoms with Gasteiger partial charge in [0, 0.05) is 33.6 Å². The van der Waals surface area contributed by atoms with Crippen LogP contribution in [0.4, 0.5) is 13.2 Å². The largest absolute Gasteiger partial charge is 0.389 e. The number of halogens is 4. The Morgan fingerprint density at radius 1 is 1.07 bits per heavy atom. The smallest absolute Gasteiger partial charge is 0.356 e. The first kappa shape index (κ1) is 25.5. The number of amides is 1. The van der Waals surface area contributed by atoms with E-state index in [9.17, 15) is 18.0 Å². The summed E-state index contributed by atoms with van der Waals surface area (Å²) < 4.78 is 36.5. The van der Waals surface area contributed by atoms with E-state index in [0.717, 1.165) is 12.0 Å². The maximum Gasteiger partial charge on any atom is 0.389 e. The van der Waals surface area contributed by atoms with Crippen molar-refractivity contribution in [1.29, 1.82) is 0 Å². The lowest BCUT2D eigenvalue weighted by molar-refractivity contribution is -0.135. The molecule has 0 saturated heterocycles. The molecule has 0 aliphatic rings. The number of carbonyl (C=O) groups excluding carboxylic acids is 1. The number of carbonyl (C=O) groups is 1. The molecule has 0 aromatic heterocycles. The Kier molecular flexibility index (Phi) is 12.9. The molecule has 1 aromatic rings. The molecular weight excluding hydrogens is 472 g/mol. The minimum Gasteiger partial charge on any atom is -0.356 e. The van der Waals surface area contributed by atoms with Crippen molar-refractivity contribution in [2.45, 2.75) is 31.9 Å². The molecule has 0 unspecified atom stereocenters. The van der Waals surface area contributed by atoms with E-state index in [2.05, 4.69) is 15.6 Å². The molecule has 27 heavy (non-hydrogen) atoms. The normalized spacial score (nSPS) is 11.5. The molecule has 0 aliphatic carbocycles. The highest BCUT2D eigenvalue weighted by atomic mass is 127. The summed E-state index contributed by atoms with van der Waals surface area (Å²) in [6.07, 6.45) is -3.70. The number of alkyl halides is 3. The Bertz CT molecular complexity index is 565. The number of nitrogens with zero attached hydrogens (tertiary/aromatic N) is 2. The summed E-state index contributed by atoms with van der Waals surface area (Å²) in [6.45, 7) is 0.953. The van der Waals surface area contributed by atoms with Gasteiger partial charge in [0.1, 0.15) is 6.54 Å². The summed E-state index contributed by atoms with van der Waals surface area (Å²) in [5.74, 6) is 0.286. The maximum absolute atomic E-state index is 12.2. The van der Waals surface area contributed by atoms with E-state index in [4.69, 9.17) is 0 Å². The van der Waals surface area contributed by atoms with Crippen molar-refractivity contribution >= 4 is 35.8 Å². The molecule has 1 aromatic carbocycles. The van der Waals surface area contributed by atoms with E-state index in [1.165, 1.54) is 4.90 Å². The molecular formula is C18H28F3IN4O. The van der Waals surface area contributed by atoms with Gasteiger partial charge in [-0.25, -0.2) is 4.99 Å². The monoisotopic (exact) mass is 500 g/mol. The molecule has 0 heterocycles. The van der Waals surface area contributed by atoms with Gasteiger partial charge in [0.05, 0.1) is 0 Å². The highest BCUT2D eigenvalue weighted by Crippen LogP contribution is 2.21. The zero-order valence-electron chi connectivity index (χ0n) is 15.7. The van der Waals surface area contributed by atoms with Crippen LogP contribution in [0.3, 0.4) is 0 Å². The molecule has 0 bridgehead atoms. The number of aliphatic imine (C=N–C) groups is 1. The highest BCUT2D eigenvalue weighted by Gasteiger charge is 2.25. The zero-order chi connectivity index (χ0) is 19.4. The third kappa shape index (κ3) is 13.3. The summed E-state index contributed by atoms with van der Waals surface area (Å²) in [7, 11) is 3.29. The average Bonchev–Trinajstić information content (AvgIpc) is 2.58. The Morgan fingerprint density at radius 3 is 2.30 bits per heavy atom. The van der Waals surface area contributed by atoms with Gasteiger partial charge in [-0.15, -0.1) is 24.0 Å². The molecule has 0 radical (unpaired) electrons. The molecule has 0 atom stereocenters. The average molecular weight is 500 g/mol. The van der Waals surface area contributed by atoms with E-state index in [1.807, 2.05) is 30.3 Å². The molecule has 1 amide bonds. The van der Waals surface area contributed by atoms with Crippen LogP contribution >= 0.6 is 24.0 Å². The fraction of sp³-hybridized carbons (Fsp3) is 0.556. The molecule has 0 fully saturated rings. The van der Waals surface area contributed by atoms with Gasteiger partial charge < -0.3 is 15.5 Å². The van der Waals surface area contributed by atoms with E-state index in [-0.39, 0.29) is 42.8 Å². The van der Waals surface area contributed by atoms with E-state index in [0.29, 0.717) is 25.5 Å². The lowest BCUT2D eigenvalue weighted by Gasteiger charge is -2.14. The van der Waals surface area contributed by atoms with Crippen molar-refractivity contribution in [3.05, 3.63) is 35.9 Å². The summed E-state index contributed by atoms with van der Waals surface area (Å²) >= 11 is 0. The minimum atomic E-state index is -4.12. The molecule has 9 heteroatoms.